The molecule has 0 atom stereocenters. The Morgan fingerprint density at radius 2 is 2.00 bits per heavy atom. The number of ether oxygens (including phenoxy) is 1. The molecular formula is C18H18N4O2. The quantitative estimate of drug-likeness (QED) is 0.719. The second-order valence-corrected chi connectivity index (χ2v) is 5.96. The number of likely N-dealkylation sites (tertiary alicyclic amines) is 1. The summed E-state index contributed by atoms with van der Waals surface area (Å²) in [5.41, 5.74) is 1.18. The van der Waals surface area contributed by atoms with Gasteiger partial charge in [0.25, 0.3) is 0 Å². The van der Waals surface area contributed by atoms with Gasteiger partial charge in [-0.25, -0.2) is 9.67 Å². The number of rotatable bonds is 5. The molecule has 2 heterocycles. The van der Waals surface area contributed by atoms with Crippen LogP contribution in [0.1, 0.15) is 5.56 Å². The summed E-state index contributed by atoms with van der Waals surface area (Å²) in [5.74, 6) is 0.0468. The molecule has 24 heavy (non-hydrogen) atoms. The van der Waals surface area contributed by atoms with Gasteiger partial charge in [-0.15, -0.1) is 0 Å². The predicted molar refractivity (Wildman–Crippen MR) is 89.1 cm³/mol. The zero-order chi connectivity index (χ0) is 16.4. The van der Waals surface area contributed by atoms with Crippen molar-refractivity contribution >= 4 is 16.7 Å². The summed E-state index contributed by atoms with van der Waals surface area (Å²) < 4.78 is 7.49. The van der Waals surface area contributed by atoms with Gasteiger partial charge in [0.15, 0.2) is 0 Å². The lowest BCUT2D eigenvalue weighted by Crippen LogP contribution is -2.55. The van der Waals surface area contributed by atoms with E-state index in [1.807, 2.05) is 12.1 Å². The van der Waals surface area contributed by atoms with Crippen LogP contribution in [0.4, 0.5) is 0 Å². The van der Waals surface area contributed by atoms with Crippen molar-refractivity contribution in [2.45, 2.75) is 19.3 Å². The minimum atomic E-state index is 0.0468. The largest absolute Gasteiger partial charge is 0.370 e. The fourth-order valence-corrected chi connectivity index (χ4v) is 2.93. The van der Waals surface area contributed by atoms with Crippen LogP contribution in [-0.4, -0.2) is 44.8 Å². The highest BCUT2D eigenvalue weighted by molar-refractivity contribution is 5.85. The summed E-state index contributed by atoms with van der Waals surface area (Å²) in [5, 5.41) is 6.39. The number of carbonyl (C=O) groups excluding carboxylic acids is 1. The highest BCUT2D eigenvalue weighted by Gasteiger charge is 2.31. The van der Waals surface area contributed by atoms with Crippen molar-refractivity contribution in [1.29, 1.82) is 0 Å². The predicted octanol–water partition coefficient (Wildman–Crippen LogP) is 1.86. The summed E-state index contributed by atoms with van der Waals surface area (Å²) in [4.78, 5) is 17.7. The van der Waals surface area contributed by atoms with E-state index in [1.165, 1.54) is 27.3 Å². The number of amides is 1. The molecule has 1 aliphatic rings. The number of nitrogens with zero attached hydrogens (tertiary/aromatic N) is 4. The Balaban J connectivity index is 1.30. The molecule has 0 N–H and O–H groups in total. The monoisotopic (exact) mass is 322 g/mol. The van der Waals surface area contributed by atoms with Gasteiger partial charge in [-0.3, -0.25) is 4.79 Å². The smallest absolute Gasteiger partial charge is 0.244 e. The molecule has 1 aromatic heterocycles. The SMILES string of the molecule is O=C(Cn1cncn1)N1CC(OCc2cccc3ccccc23)C1. The van der Waals surface area contributed by atoms with E-state index in [-0.39, 0.29) is 18.6 Å². The lowest BCUT2D eigenvalue weighted by atomic mass is 10.1. The molecule has 2 aromatic carbocycles. The van der Waals surface area contributed by atoms with E-state index in [2.05, 4.69) is 40.4 Å². The number of carbonyl (C=O) groups is 1. The van der Waals surface area contributed by atoms with Crippen molar-refractivity contribution in [3.8, 4) is 0 Å². The second kappa shape index (κ2) is 6.41. The number of benzene rings is 2. The van der Waals surface area contributed by atoms with Crippen LogP contribution in [0, 0.1) is 0 Å². The molecule has 0 unspecified atom stereocenters. The maximum atomic E-state index is 12.1. The molecule has 0 spiro atoms. The van der Waals surface area contributed by atoms with Gasteiger partial charge in [-0.1, -0.05) is 42.5 Å². The van der Waals surface area contributed by atoms with E-state index in [0.29, 0.717) is 19.7 Å². The third-order valence-electron chi connectivity index (χ3n) is 4.32. The normalized spacial score (nSPS) is 14.8. The van der Waals surface area contributed by atoms with Crippen LogP contribution in [0.2, 0.25) is 0 Å². The lowest BCUT2D eigenvalue weighted by molar-refractivity contribution is -0.146. The van der Waals surface area contributed by atoms with Crippen LogP contribution in [0.15, 0.2) is 55.1 Å². The number of hydrogen-bond acceptors (Lipinski definition) is 4. The first-order valence-corrected chi connectivity index (χ1v) is 7.98. The first-order chi connectivity index (χ1) is 11.8. The van der Waals surface area contributed by atoms with E-state index in [4.69, 9.17) is 4.74 Å². The van der Waals surface area contributed by atoms with Crippen molar-refractivity contribution in [3.05, 3.63) is 60.7 Å². The van der Waals surface area contributed by atoms with Crippen LogP contribution < -0.4 is 0 Å². The molecule has 1 fully saturated rings. The summed E-state index contributed by atoms with van der Waals surface area (Å²) in [7, 11) is 0. The molecule has 3 aromatic rings. The van der Waals surface area contributed by atoms with Crippen LogP contribution >= 0.6 is 0 Å². The summed E-state index contributed by atoms with van der Waals surface area (Å²) in [6.07, 6.45) is 3.08. The molecule has 1 aliphatic heterocycles. The van der Waals surface area contributed by atoms with Gasteiger partial charge in [-0.05, 0) is 16.3 Å². The molecule has 0 saturated carbocycles. The van der Waals surface area contributed by atoms with E-state index >= 15 is 0 Å². The highest BCUT2D eigenvalue weighted by atomic mass is 16.5. The van der Waals surface area contributed by atoms with Gasteiger partial charge >= 0.3 is 0 Å². The Morgan fingerprint density at radius 3 is 2.83 bits per heavy atom. The summed E-state index contributed by atoms with van der Waals surface area (Å²) in [6, 6.07) is 14.5. The fraction of sp³-hybridized carbons (Fsp3) is 0.278. The standard InChI is InChI=1S/C18H18N4O2/c23-18(10-22-13-19-12-20-22)21-8-16(9-21)24-11-15-6-3-5-14-4-1-2-7-17(14)15/h1-7,12-13,16H,8-11H2. The first-order valence-electron chi connectivity index (χ1n) is 7.98. The molecule has 0 radical (unpaired) electrons. The first kappa shape index (κ1) is 14.8. The summed E-state index contributed by atoms with van der Waals surface area (Å²) in [6.45, 7) is 2.07. The van der Waals surface area contributed by atoms with Crippen LogP contribution in [0.25, 0.3) is 10.8 Å². The molecule has 6 nitrogen and oxygen atoms in total. The number of hydrogen-bond donors (Lipinski definition) is 0. The fourth-order valence-electron chi connectivity index (χ4n) is 2.93. The van der Waals surface area contributed by atoms with Gasteiger partial charge in [0.05, 0.1) is 12.7 Å². The van der Waals surface area contributed by atoms with Crippen LogP contribution in [0.5, 0.6) is 0 Å². The zero-order valence-corrected chi connectivity index (χ0v) is 13.2. The van der Waals surface area contributed by atoms with Crippen molar-refractivity contribution in [1.82, 2.24) is 19.7 Å². The summed E-state index contributed by atoms with van der Waals surface area (Å²) >= 11 is 0. The minimum absolute atomic E-state index is 0.0468. The molecule has 0 bridgehead atoms. The molecular weight excluding hydrogens is 304 g/mol. The Bertz CT molecular complexity index is 836. The van der Waals surface area contributed by atoms with Crippen molar-refractivity contribution < 1.29 is 9.53 Å². The van der Waals surface area contributed by atoms with E-state index in [9.17, 15) is 4.79 Å². The average molecular weight is 322 g/mol. The van der Waals surface area contributed by atoms with Crippen molar-refractivity contribution in [2.75, 3.05) is 13.1 Å². The molecule has 4 rings (SSSR count). The van der Waals surface area contributed by atoms with Crippen molar-refractivity contribution in [2.24, 2.45) is 0 Å². The molecule has 122 valence electrons. The molecule has 1 amide bonds. The van der Waals surface area contributed by atoms with Crippen LogP contribution in [-0.2, 0) is 22.7 Å². The Labute approximate surface area is 139 Å². The molecule has 1 saturated heterocycles. The number of aromatic nitrogens is 3. The maximum Gasteiger partial charge on any atom is 0.244 e. The third-order valence-corrected chi connectivity index (χ3v) is 4.32. The average Bonchev–Trinajstić information content (AvgIpc) is 3.06. The lowest BCUT2D eigenvalue weighted by Gasteiger charge is -2.38. The zero-order valence-electron chi connectivity index (χ0n) is 13.2. The Morgan fingerprint density at radius 1 is 1.17 bits per heavy atom. The Kier molecular flexibility index (Phi) is 3.96. The van der Waals surface area contributed by atoms with Gasteiger partial charge in [0.2, 0.25) is 5.91 Å². The van der Waals surface area contributed by atoms with Crippen molar-refractivity contribution in [3.63, 3.8) is 0 Å². The molecule has 0 aliphatic carbocycles. The van der Waals surface area contributed by atoms with E-state index in [1.54, 1.807) is 11.2 Å². The van der Waals surface area contributed by atoms with E-state index < -0.39 is 0 Å². The van der Waals surface area contributed by atoms with Crippen LogP contribution in [0.3, 0.4) is 0 Å². The maximum absolute atomic E-state index is 12.1. The topological polar surface area (TPSA) is 60.2 Å². The number of fused-ring (bicyclic) bond motifs is 1. The minimum Gasteiger partial charge on any atom is -0.370 e. The highest BCUT2D eigenvalue weighted by Crippen LogP contribution is 2.21. The Hall–Kier alpha value is -2.73. The second-order valence-electron chi connectivity index (χ2n) is 5.96. The molecule has 6 heteroatoms. The van der Waals surface area contributed by atoms with E-state index in [0.717, 1.165) is 0 Å². The van der Waals surface area contributed by atoms with Gasteiger partial charge < -0.3 is 9.64 Å². The third kappa shape index (κ3) is 3.00. The van der Waals surface area contributed by atoms with Gasteiger partial charge in [0, 0.05) is 13.1 Å². The van der Waals surface area contributed by atoms with Gasteiger partial charge in [0.1, 0.15) is 19.2 Å². The van der Waals surface area contributed by atoms with Gasteiger partial charge in [-0.2, -0.15) is 5.10 Å².